The lowest BCUT2D eigenvalue weighted by Crippen LogP contribution is -2.32. The average Bonchev–Trinajstić information content (AvgIpc) is 2.67. The predicted molar refractivity (Wildman–Crippen MR) is 98.4 cm³/mol. The van der Waals surface area contributed by atoms with Crippen molar-refractivity contribution in [2.24, 2.45) is 0 Å². The normalized spacial score (nSPS) is 10.3. The molecule has 3 aromatic rings. The van der Waals surface area contributed by atoms with Crippen molar-refractivity contribution >= 4 is 17.3 Å². The van der Waals surface area contributed by atoms with Gasteiger partial charge >= 0.3 is 0 Å². The van der Waals surface area contributed by atoms with Crippen molar-refractivity contribution in [1.82, 2.24) is 4.73 Å². The van der Waals surface area contributed by atoms with Crippen LogP contribution in [-0.4, -0.2) is 15.6 Å². The highest BCUT2D eigenvalue weighted by Crippen LogP contribution is 2.23. The molecule has 0 aliphatic carbocycles. The lowest BCUT2D eigenvalue weighted by atomic mass is 10.2. The summed E-state index contributed by atoms with van der Waals surface area (Å²) >= 11 is 0. The highest BCUT2D eigenvalue weighted by atomic mass is 19.1. The molecule has 0 atom stereocenters. The van der Waals surface area contributed by atoms with Crippen molar-refractivity contribution < 1.29 is 18.9 Å². The van der Waals surface area contributed by atoms with Crippen LogP contribution in [0.2, 0.25) is 0 Å². The number of carbonyl (C=O) groups excluding carboxylic acids is 1. The Bertz CT molecular complexity index is 1100. The second kappa shape index (κ2) is 8.12. The SMILES string of the molecule is O=C(Nc1ccccc1[N+](=O)[O-])c1cccn(OCc2cccc(F)c2)c1=O. The van der Waals surface area contributed by atoms with Crippen molar-refractivity contribution in [3.05, 3.63) is 104 Å². The van der Waals surface area contributed by atoms with Crippen LogP contribution in [0.15, 0.2) is 71.7 Å². The van der Waals surface area contributed by atoms with E-state index in [1.165, 1.54) is 60.8 Å². The van der Waals surface area contributed by atoms with Crippen LogP contribution in [0, 0.1) is 15.9 Å². The summed E-state index contributed by atoms with van der Waals surface area (Å²) in [5, 5.41) is 13.4. The molecule has 28 heavy (non-hydrogen) atoms. The number of hydrogen-bond acceptors (Lipinski definition) is 5. The molecule has 0 fully saturated rings. The molecule has 1 aromatic heterocycles. The van der Waals surface area contributed by atoms with Gasteiger partial charge in [-0.2, -0.15) is 4.73 Å². The quantitative estimate of drug-likeness (QED) is 0.521. The van der Waals surface area contributed by atoms with Crippen LogP contribution in [0.1, 0.15) is 15.9 Å². The molecule has 0 aliphatic heterocycles. The molecule has 0 saturated carbocycles. The van der Waals surface area contributed by atoms with E-state index in [1.807, 2.05) is 0 Å². The first kappa shape index (κ1) is 18.8. The molecule has 0 unspecified atom stereocenters. The van der Waals surface area contributed by atoms with Gasteiger partial charge in [0.05, 0.1) is 4.92 Å². The Labute approximate surface area is 157 Å². The monoisotopic (exact) mass is 383 g/mol. The molecule has 0 saturated heterocycles. The summed E-state index contributed by atoms with van der Waals surface area (Å²) in [6.07, 6.45) is 1.31. The lowest BCUT2D eigenvalue weighted by Gasteiger charge is -2.10. The van der Waals surface area contributed by atoms with Gasteiger partial charge in [-0.1, -0.05) is 24.3 Å². The number of benzene rings is 2. The number of halogens is 1. The van der Waals surface area contributed by atoms with E-state index in [1.54, 1.807) is 6.07 Å². The fourth-order valence-electron chi connectivity index (χ4n) is 2.45. The topological polar surface area (TPSA) is 103 Å². The van der Waals surface area contributed by atoms with Crippen LogP contribution in [0.4, 0.5) is 15.8 Å². The third kappa shape index (κ3) is 4.21. The number of nitro groups is 1. The van der Waals surface area contributed by atoms with Crippen LogP contribution in [-0.2, 0) is 6.61 Å². The fraction of sp³-hybridized carbons (Fsp3) is 0.0526. The van der Waals surface area contributed by atoms with Crippen molar-refractivity contribution in [2.75, 3.05) is 5.32 Å². The highest BCUT2D eigenvalue weighted by molar-refractivity contribution is 6.05. The molecule has 0 radical (unpaired) electrons. The Kier molecular flexibility index (Phi) is 5.45. The zero-order valence-electron chi connectivity index (χ0n) is 14.4. The van der Waals surface area contributed by atoms with Crippen LogP contribution in [0.25, 0.3) is 0 Å². The van der Waals surface area contributed by atoms with Gasteiger partial charge in [-0.25, -0.2) is 4.39 Å². The second-order valence-electron chi connectivity index (χ2n) is 5.68. The van der Waals surface area contributed by atoms with Gasteiger partial charge in [0, 0.05) is 12.3 Å². The summed E-state index contributed by atoms with van der Waals surface area (Å²) in [6, 6.07) is 13.9. The first-order valence-electron chi connectivity index (χ1n) is 8.10. The van der Waals surface area contributed by atoms with E-state index in [-0.39, 0.29) is 23.5 Å². The van der Waals surface area contributed by atoms with E-state index in [9.17, 15) is 24.1 Å². The zero-order valence-corrected chi connectivity index (χ0v) is 14.4. The Morgan fingerprint density at radius 2 is 1.93 bits per heavy atom. The number of nitrogens with one attached hydrogen (secondary N) is 1. The summed E-state index contributed by atoms with van der Waals surface area (Å²) in [7, 11) is 0. The average molecular weight is 383 g/mol. The number of anilines is 1. The fourth-order valence-corrected chi connectivity index (χ4v) is 2.45. The minimum atomic E-state index is -0.817. The first-order valence-corrected chi connectivity index (χ1v) is 8.10. The first-order chi connectivity index (χ1) is 13.5. The van der Waals surface area contributed by atoms with Crippen molar-refractivity contribution in [3.8, 4) is 0 Å². The molecule has 8 nitrogen and oxygen atoms in total. The highest BCUT2D eigenvalue weighted by Gasteiger charge is 2.18. The van der Waals surface area contributed by atoms with Crippen LogP contribution < -0.4 is 15.7 Å². The number of para-hydroxylation sites is 2. The van der Waals surface area contributed by atoms with E-state index in [0.29, 0.717) is 5.56 Å². The Balaban J connectivity index is 1.80. The molecule has 3 rings (SSSR count). The molecule has 2 aromatic carbocycles. The maximum atomic E-state index is 13.2. The summed E-state index contributed by atoms with van der Waals surface area (Å²) < 4.78 is 14.1. The number of nitro benzene ring substituents is 1. The summed E-state index contributed by atoms with van der Waals surface area (Å²) in [5.41, 5.74) is -0.848. The standard InChI is InChI=1S/C19H14FN3O5/c20-14-6-3-5-13(11-14)12-28-22-10-4-7-15(19(22)25)18(24)21-16-8-1-2-9-17(16)23(26)27/h1-11H,12H2,(H,21,24). The molecule has 9 heteroatoms. The molecule has 142 valence electrons. The molecule has 1 amide bonds. The largest absolute Gasteiger partial charge is 0.406 e. The molecule has 0 bridgehead atoms. The maximum Gasteiger partial charge on any atom is 0.295 e. The van der Waals surface area contributed by atoms with Crippen molar-refractivity contribution in [1.29, 1.82) is 0 Å². The van der Waals surface area contributed by atoms with E-state index in [4.69, 9.17) is 4.84 Å². The number of aromatic nitrogens is 1. The van der Waals surface area contributed by atoms with Gasteiger partial charge in [-0.3, -0.25) is 19.7 Å². The Morgan fingerprint density at radius 1 is 1.14 bits per heavy atom. The van der Waals surface area contributed by atoms with Gasteiger partial charge in [0.15, 0.2) is 0 Å². The molecule has 1 heterocycles. The van der Waals surface area contributed by atoms with Gasteiger partial charge in [0.25, 0.3) is 17.2 Å². The number of hydrogen-bond donors (Lipinski definition) is 1. The third-order valence-corrected chi connectivity index (χ3v) is 3.77. The minimum absolute atomic E-state index is 0.0343. The number of carbonyl (C=O) groups is 1. The third-order valence-electron chi connectivity index (χ3n) is 3.77. The molecule has 1 N–H and O–H groups in total. The summed E-state index contributed by atoms with van der Waals surface area (Å²) in [6.45, 7) is -0.0904. The van der Waals surface area contributed by atoms with E-state index in [0.717, 1.165) is 4.73 Å². The molecular weight excluding hydrogens is 369 g/mol. The van der Waals surface area contributed by atoms with E-state index >= 15 is 0 Å². The van der Waals surface area contributed by atoms with Crippen LogP contribution >= 0.6 is 0 Å². The van der Waals surface area contributed by atoms with Gasteiger partial charge in [0.2, 0.25) is 0 Å². The predicted octanol–water partition coefficient (Wildman–Crippen LogP) is 2.78. The minimum Gasteiger partial charge on any atom is -0.406 e. The van der Waals surface area contributed by atoms with Crippen LogP contribution in [0.3, 0.4) is 0 Å². The van der Waals surface area contributed by atoms with E-state index < -0.39 is 22.2 Å². The Morgan fingerprint density at radius 3 is 2.68 bits per heavy atom. The lowest BCUT2D eigenvalue weighted by molar-refractivity contribution is -0.383. The van der Waals surface area contributed by atoms with Gasteiger partial charge in [-0.15, -0.1) is 0 Å². The zero-order chi connectivity index (χ0) is 20.1. The van der Waals surface area contributed by atoms with Crippen molar-refractivity contribution in [3.63, 3.8) is 0 Å². The van der Waals surface area contributed by atoms with E-state index in [2.05, 4.69) is 5.32 Å². The van der Waals surface area contributed by atoms with Gasteiger partial charge < -0.3 is 10.2 Å². The maximum absolute atomic E-state index is 13.2. The smallest absolute Gasteiger partial charge is 0.295 e. The molecule has 0 spiro atoms. The van der Waals surface area contributed by atoms with Crippen molar-refractivity contribution in [2.45, 2.75) is 6.61 Å². The van der Waals surface area contributed by atoms with Gasteiger partial charge in [0.1, 0.15) is 23.7 Å². The summed E-state index contributed by atoms with van der Waals surface area (Å²) in [4.78, 5) is 40.6. The number of rotatable bonds is 6. The Hall–Kier alpha value is -4.01. The number of amides is 1. The molecular formula is C19H14FN3O5. The van der Waals surface area contributed by atoms with Crippen LogP contribution in [0.5, 0.6) is 0 Å². The number of nitrogens with zero attached hydrogens (tertiary/aromatic N) is 2. The van der Waals surface area contributed by atoms with Gasteiger partial charge in [-0.05, 0) is 35.9 Å². The number of pyridine rings is 1. The molecule has 0 aliphatic rings. The summed E-state index contributed by atoms with van der Waals surface area (Å²) in [5.74, 6) is -1.26. The second-order valence-corrected chi connectivity index (χ2v) is 5.68.